The van der Waals surface area contributed by atoms with Crippen LogP contribution in [0.15, 0.2) is 0 Å². The Bertz CT molecular complexity index is 250. The van der Waals surface area contributed by atoms with Gasteiger partial charge in [0.15, 0.2) is 0 Å². The smallest absolute Gasteiger partial charge is 0.0157 e. The lowest BCUT2D eigenvalue weighted by molar-refractivity contribution is 0.164. The van der Waals surface area contributed by atoms with Crippen molar-refractivity contribution in [1.29, 1.82) is 0 Å². The van der Waals surface area contributed by atoms with Crippen LogP contribution in [0.1, 0.15) is 111 Å². The van der Waals surface area contributed by atoms with Gasteiger partial charge in [0.25, 0.3) is 0 Å². The molecule has 0 aromatic heterocycles. The molecule has 2 N–H and O–H groups in total. The van der Waals surface area contributed by atoms with Crippen LogP contribution in [0.2, 0.25) is 0 Å². The zero-order chi connectivity index (χ0) is 15.6. The van der Waals surface area contributed by atoms with Gasteiger partial charge in [-0.15, -0.1) is 0 Å². The number of nitrogens with two attached hydrogens (primary N) is 1. The van der Waals surface area contributed by atoms with E-state index in [0.29, 0.717) is 0 Å². The first-order valence-electron chi connectivity index (χ1n) is 9.86. The lowest BCUT2D eigenvalue weighted by atomic mass is 9.70. The Morgan fingerprint density at radius 3 is 1.86 bits per heavy atom. The Balaban J connectivity index is 1.94. The van der Waals surface area contributed by atoms with Gasteiger partial charge in [-0.2, -0.15) is 0 Å². The van der Waals surface area contributed by atoms with Gasteiger partial charge in [0.05, 0.1) is 0 Å². The summed E-state index contributed by atoms with van der Waals surface area (Å²) in [5.41, 5.74) is 6.79. The van der Waals surface area contributed by atoms with Gasteiger partial charge in [-0.3, -0.25) is 0 Å². The van der Waals surface area contributed by atoms with Crippen LogP contribution < -0.4 is 5.73 Å². The van der Waals surface area contributed by atoms with Crippen molar-refractivity contribution in [3.05, 3.63) is 0 Å². The Labute approximate surface area is 134 Å². The van der Waals surface area contributed by atoms with E-state index in [2.05, 4.69) is 20.8 Å². The van der Waals surface area contributed by atoms with E-state index in [9.17, 15) is 0 Å². The van der Waals surface area contributed by atoms with Gasteiger partial charge in [-0.05, 0) is 37.5 Å². The molecular weight excluding hydrogens is 254 g/mol. The van der Waals surface area contributed by atoms with Crippen molar-refractivity contribution < 1.29 is 0 Å². The van der Waals surface area contributed by atoms with Crippen molar-refractivity contribution in [1.82, 2.24) is 0 Å². The molecule has 0 aliphatic heterocycles. The van der Waals surface area contributed by atoms with Crippen LogP contribution in [0, 0.1) is 11.8 Å². The van der Waals surface area contributed by atoms with E-state index in [4.69, 9.17) is 5.73 Å². The monoisotopic (exact) mass is 295 g/mol. The van der Waals surface area contributed by atoms with Crippen LogP contribution in [-0.2, 0) is 0 Å². The molecule has 0 bridgehead atoms. The second-order valence-corrected chi connectivity index (χ2v) is 7.99. The van der Waals surface area contributed by atoms with Crippen molar-refractivity contribution in [2.24, 2.45) is 17.6 Å². The standard InChI is InChI=1S/C20H41N/c1-4-5-6-7-8-9-10-11-12-13-15-20(21)16-14-18(2)19(3)17-20/h18-19H,4-17,21H2,1-3H3. The number of hydrogen-bond acceptors (Lipinski definition) is 1. The van der Waals surface area contributed by atoms with Crippen molar-refractivity contribution in [3.8, 4) is 0 Å². The molecule has 0 saturated heterocycles. The average molecular weight is 296 g/mol. The average Bonchev–Trinajstić information content (AvgIpc) is 2.45. The molecule has 1 heteroatoms. The van der Waals surface area contributed by atoms with E-state index < -0.39 is 0 Å². The van der Waals surface area contributed by atoms with E-state index in [1.165, 1.54) is 89.9 Å². The van der Waals surface area contributed by atoms with Crippen molar-refractivity contribution in [3.63, 3.8) is 0 Å². The lowest BCUT2D eigenvalue weighted by Gasteiger charge is -2.40. The molecule has 0 aromatic rings. The Kier molecular flexibility index (Phi) is 9.64. The highest BCUT2D eigenvalue weighted by Crippen LogP contribution is 2.37. The Morgan fingerprint density at radius 1 is 0.810 bits per heavy atom. The van der Waals surface area contributed by atoms with Gasteiger partial charge in [0.2, 0.25) is 0 Å². The topological polar surface area (TPSA) is 26.0 Å². The van der Waals surface area contributed by atoms with E-state index in [0.717, 1.165) is 11.8 Å². The number of unbranched alkanes of at least 4 members (excludes halogenated alkanes) is 9. The molecule has 1 fully saturated rings. The molecule has 1 rings (SSSR count). The summed E-state index contributed by atoms with van der Waals surface area (Å²) in [6.07, 6.45) is 19.3. The fraction of sp³-hybridized carbons (Fsp3) is 1.00. The lowest BCUT2D eigenvalue weighted by Crippen LogP contribution is -2.45. The molecule has 0 heterocycles. The van der Waals surface area contributed by atoms with Crippen LogP contribution in [-0.4, -0.2) is 5.54 Å². The second kappa shape index (κ2) is 10.6. The third kappa shape index (κ3) is 8.24. The molecule has 21 heavy (non-hydrogen) atoms. The molecule has 1 saturated carbocycles. The number of hydrogen-bond donors (Lipinski definition) is 1. The fourth-order valence-corrected chi connectivity index (χ4v) is 3.94. The largest absolute Gasteiger partial charge is 0.325 e. The molecule has 126 valence electrons. The van der Waals surface area contributed by atoms with Gasteiger partial charge in [0.1, 0.15) is 0 Å². The molecule has 0 radical (unpaired) electrons. The van der Waals surface area contributed by atoms with Gasteiger partial charge >= 0.3 is 0 Å². The van der Waals surface area contributed by atoms with Gasteiger partial charge in [-0.1, -0.05) is 85.0 Å². The second-order valence-electron chi connectivity index (χ2n) is 7.99. The van der Waals surface area contributed by atoms with E-state index >= 15 is 0 Å². The molecule has 0 aromatic carbocycles. The van der Waals surface area contributed by atoms with Crippen LogP contribution in [0.5, 0.6) is 0 Å². The third-order valence-corrected chi connectivity index (χ3v) is 5.83. The third-order valence-electron chi connectivity index (χ3n) is 5.83. The minimum absolute atomic E-state index is 0.173. The summed E-state index contributed by atoms with van der Waals surface area (Å²) in [7, 11) is 0. The molecule has 1 nitrogen and oxygen atoms in total. The van der Waals surface area contributed by atoms with E-state index in [-0.39, 0.29) is 5.54 Å². The molecule has 1 aliphatic rings. The minimum Gasteiger partial charge on any atom is -0.325 e. The van der Waals surface area contributed by atoms with Gasteiger partial charge in [0, 0.05) is 5.54 Å². The molecule has 0 amide bonds. The summed E-state index contributed by atoms with van der Waals surface area (Å²) in [6.45, 7) is 7.08. The summed E-state index contributed by atoms with van der Waals surface area (Å²) in [4.78, 5) is 0. The quantitative estimate of drug-likeness (QED) is 0.435. The summed E-state index contributed by atoms with van der Waals surface area (Å²) >= 11 is 0. The van der Waals surface area contributed by atoms with Crippen molar-refractivity contribution >= 4 is 0 Å². The first-order valence-corrected chi connectivity index (χ1v) is 9.86. The maximum atomic E-state index is 6.62. The summed E-state index contributed by atoms with van der Waals surface area (Å²) < 4.78 is 0. The van der Waals surface area contributed by atoms with Crippen LogP contribution in [0.3, 0.4) is 0 Å². The highest BCUT2D eigenvalue weighted by molar-refractivity contribution is 4.91. The zero-order valence-electron chi connectivity index (χ0n) is 15.1. The van der Waals surface area contributed by atoms with Gasteiger partial charge in [-0.25, -0.2) is 0 Å². The van der Waals surface area contributed by atoms with Crippen LogP contribution >= 0.6 is 0 Å². The highest BCUT2D eigenvalue weighted by Gasteiger charge is 2.33. The predicted octanol–water partition coefficient (Wildman–Crippen LogP) is 6.45. The molecule has 3 atom stereocenters. The Morgan fingerprint density at radius 2 is 1.33 bits per heavy atom. The normalized spacial score (nSPS) is 29.7. The minimum atomic E-state index is 0.173. The summed E-state index contributed by atoms with van der Waals surface area (Å²) in [5, 5.41) is 0. The fourth-order valence-electron chi connectivity index (χ4n) is 3.94. The molecular formula is C20H41N. The first-order chi connectivity index (χ1) is 10.1. The molecule has 3 unspecified atom stereocenters. The number of rotatable bonds is 11. The van der Waals surface area contributed by atoms with Crippen molar-refractivity contribution in [2.75, 3.05) is 0 Å². The van der Waals surface area contributed by atoms with E-state index in [1.54, 1.807) is 0 Å². The summed E-state index contributed by atoms with van der Waals surface area (Å²) in [5.74, 6) is 1.71. The van der Waals surface area contributed by atoms with Crippen LogP contribution in [0.25, 0.3) is 0 Å². The SMILES string of the molecule is CCCCCCCCCCCCC1(N)CCC(C)C(C)C1. The maximum absolute atomic E-state index is 6.62. The van der Waals surface area contributed by atoms with Crippen LogP contribution in [0.4, 0.5) is 0 Å². The zero-order valence-corrected chi connectivity index (χ0v) is 15.1. The highest BCUT2D eigenvalue weighted by atomic mass is 14.7. The van der Waals surface area contributed by atoms with Gasteiger partial charge < -0.3 is 5.73 Å². The summed E-state index contributed by atoms with van der Waals surface area (Å²) in [6, 6.07) is 0. The first kappa shape index (κ1) is 19.0. The maximum Gasteiger partial charge on any atom is 0.0157 e. The Hall–Kier alpha value is -0.0400. The molecule has 0 spiro atoms. The van der Waals surface area contributed by atoms with E-state index in [1.807, 2.05) is 0 Å². The van der Waals surface area contributed by atoms with Crippen molar-refractivity contribution in [2.45, 2.75) is 116 Å². The predicted molar refractivity (Wildman–Crippen MR) is 95.6 cm³/mol. The molecule has 1 aliphatic carbocycles.